The fourth-order valence-electron chi connectivity index (χ4n) is 3.79. The number of aryl methyl sites for hydroxylation is 2. The minimum absolute atomic E-state index is 0.0251. The van der Waals surface area contributed by atoms with Crippen LogP contribution in [0.25, 0.3) is 10.9 Å². The van der Waals surface area contributed by atoms with Crippen molar-refractivity contribution in [2.45, 2.75) is 45.9 Å². The molecular formula is C21H23NO. The highest BCUT2D eigenvalue weighted by Gasteiger charge is 2.30. The number of rotatable bonds is 2. The van der Waals surface area contributed by atoms with Gasteiger partial charge in [0.15, 0.2) is 0 Å². The van der Waals surface area contributed by atoms with Crippen LogP contribution in [0.2, 0.25) is 0 Å². The van der Waals surface area contributed by atoms with Crippen molar-refractivity contribution in [2.24, 2.45) is 0 Å². The third-order valence-corrected chi connectivity index (χ3v) is 5.02. The van der Waals surface area contributed by atoms with Crippen molar-refractivity contribution in [3.63, 3.8) is 0 Å². The summed E-state index contributed by atoms with van der Waals surface area (Å²) in [6.45, 7) is 7.50. The molecule has 4 rings (SSSR count). The summed E-state index contributed by atoms with van der Waals surface area (Å²) in [5, 5.41) is 1.34. The molecule has 1 aromatic heterocycles. The number of ether oxygens (including phenoxy) is 1. The minimum Gasteiger partial charge on any atom is -0.362 e. The highest BCUT2D eigenvalue weighted by molar-refractivity contribution is 5.85. The van der Waals surface area contributed by atoms with Crippen molar-refractivity contribution >= 4 is 10.9 Å². The van der Waals surface area contributed by atoms with E-state index < -0.39 is 0 Å². The Kier molecular flexibility index (Phi) is 3.50. The van der Waals surface area contributed by atoms with Gasteiger partial charge in [-0.1, -0.05) is 49.4 Å². The first kappa shape index (κ1) is 14.5. The Bertz CT molecular complexity index is 844. The van der Waals surface area contributed by atoms with Crippen molar-refractivity contribution in [3.05, 3.63) is 70.9 Å². The molecule has 1 aliphatic rings. The molecule has 0 bridgehead atoms. The fourth-order valence-corrected chi connectivity index (χ4v) is 3.79. The van der Waals surface area contributed by atoms with Crippen LogP contribution in [0, 0.1) is 6.92 Å². The van der Waals surface area contributed by atoms with E-state index in [1.54, 1.807) is 0 Å². The summed E-state index contributed by atoms with van der Waals surface area (Å²) in [6, 6.07) is 17.6. The zero-order chi connectivity index (χ0) is 16.0. The summed E-state index contributed by atoms with van der Waals surface area (Å²) in [7, 11) is 0. The molecule has 0 radical (unpaired) electrons. The van der Waals surface area contributed by atoms with Gasteiger partial charge in [-0.25, -0.2) is 0 Å². The van der Waals surface area contributed by atoms with Crippen LogP contribution in [-0.2, 0) is 17.7 Å². The summed E-state index contributed by atoms with van der Waals surface area (Å²) < 4.78 is 8.82. The number of para-hydroxylation sites is 1. The van der Waals surface area contributed by atoms with E-state index in [9.17, 15) is 0 Å². The average Bonchev–Trinajstić information content (AvgIpc) is 2.87. The zero-order valence-corrected chi connectivity index (χ0v) is 14.0. The molecule has 23 heavy (non-hydrogen) atoms. The van der Waals surface area contributed by atoms with Gasteiger partial charge in [-0.15, -0.1) is 0 Å². The van der Waals surface area contributed by atoms with Gasteiger partial charge in [0.05, 0.1) is 11.8 Å². The van der Waals surface area contributed by atoms with Gasteiger partial charge in [-0.2, -0.15) is 0 Å². The highest BCUT2D eigenvalue weighted by atomic mass is 16.5. The molecule has 0 amide bonds. The van der Waals surface area contributed by atoms with Crippen LogP contribution in [0.5, 0.6) is 0 Å². The van der Waals surface area contributed by atoms with Gasteiger partial charge < -0.3 is 9.30 Å². The van der Waals surface area contributed by atoms with Gasteiger partial charge in [0.1, 0.15) is 6.10 Å². The lowest BCUT2D eigenvalue weighted by Gasteiger charge is -2.31. The van der Waals surface area contributed by atoms with E-state index in [4.69, 9.17) is 4.74 Å². The molecule has 0 fully saturated rings. The second-order valence-electron chi connectivity index (χ2n) is 6.56. The van der Waals surface area contributed by atoms with Crippen LogP contribution in [-0.4, -0.2) is 10.7 Å². The van der Waals surface area contributed by atoms with Crippen molar-refractivity contribution in [1.82, 2.24) is 4.57 Å². The predicted octanol–water partition coefficient (Wildman–Crippen LogP) is 5.02. The van der Waals surface area contributed by atoms with E-state index >= 15 is 0 Å². The molecule has 2 aromatic carbocycles. The molecule has 1 aliphatic heterocycles. The molecule has 3 aromatic rings. The third-order valence-electron chi connectivity index (χ3n) is 5.02. The predicted molar refractivity (Wildman–Crippen MR) is 94.9 cm³/mol. The Labute approximate surface area is 137 Å². The molecule has 2 heteroatoms. The largest absolute Gasteiger partial charge is 0.362 e. The van der Waals surface area contributed by atoms with Crippen molar-refractivity contribution in [1.29, 1.82) is 0 Å². The summed E-state index contributed by atoms with van der Waals surface area (Å²) in [4.78, 5) is 0. The van der Waals surface area contributed by atoms with E-state index in [1.165, 1.54) is 33.3 Å². The molecule has 0 unspecified atom stereocenters. The molecule has 0 aliphatic carbocycles. The second kappa shape index (κ2) is 5.54. The van der Waals surface area contributed by atoms with Crippen molar-refractivity contribution in [3.8, 4) is 0 Å². The zero-order valence-electron chi connectivity index (χ0n) is 14.0. The highest BCUT2D eigenvalue weighted by Crippen LogP contribution is 2.39. The van der Waals surface area contributed by atoms with Crippen LogP contribution in [0.1, 0.15) is 42.3 Å². The number of fused-ring (bicyclic) bond motifs is 3. The quantitative estimate of drug-likeness (QED) is 0.648. The van der Waals surface area contributed by atoms with Gasteiger partial charge in [0, 0.05) is 17.4 Å². The standard InChI is InChI=1S/C21H23NO/c1-4-16-9-11-17(12-10-16)21-20-15(3)18-7-5-6-8-19(18)22(20)13-14(2)23-21/h5-12,14,21H,4,13H2,1-3H3/t14-,21-/m0/s1. The third kappa shape index (κ3) is 2.29. The average molecular weight is 305 g/mol. The molecule has 0 spiro atoms. The smallest absolute Gasteiger partial charge is 0.123 e. The maximum Gasteiger partial charge on any atom is 0.123 e. The minimum atomic E-state index is 0.0251. The molecule has 0 saturated carbocycles. The normalized spacial score (nSPS) is 20.7. The second-order valence-corrected chi connectivity index (χ2v) is 6.56. The van der Waals surface area contributed by atoms with E-state index in [-0.39, 0.29) is 12.2 Å². The Balaban J connectivity index is 1.90. The Morgan fingerprint density at radius 2 is 1.83 bits per heavy atom. The van der Waals surface area contributed by atoms with E-state index in [2.05, 4.69) is 73.9 Å². The van der Waals surface area contributed by atoms with Crippen LogP contribution in [0.4, 0.5) is 0 Å². The number of hydrogen-bond donors (Lipinski definition) is 0. The number of benzene rings is 2. The summed E-state index contributed by atoms with van der Waals surface area (Å²) >= 11 is 0. The van der Waals surface area contributed by atoms with Gasteiger partial charge in [0.25, 0.3) is 0 Å². The van der Waals surface area contributed by atoms with E-state index in [0.717, 1.165) is 13.0 Å². The van der Waals surface area contributed by atoms with Crippen LogP contribution in [0.15, 0.2) is 48.5 Å². The summed E-state index contributed by atoms with van der Waals surface area (Å²) in [6.07, 6.45) is 1.31. The lowest BCUT2D eigenvalue weighted by molar-refractivity contribution is -0.0146. The van der Waals surface area contributed by atoms with E-state index in [1.807, 2.05) is 0 Å². The Morgan fingerprint density at radius 1 is 1.09 bits per heavy atom. The van der Waals surface area contributed by atoms with Gasteiger partial charge in [0.2, 0.25) is 0 Å². The first-order valence-electron chi connectivity index (χ1n) is 8.51. The SMILES string of the molecule is CCc1ccc([C@@H]2O[C@@H](C)Cn3c2c(C)c2ccccc23)cc1. The van der Waals surface area contributed by atoms with Gasteiger partial charge >= 0.3 is 0 Å². The Morgan fingerprint density at radius 3 is 2.57 bits per heavy atom. The van der Waals surface area contributed by atoms with Gasteiger partial charge in [-0.05, 0) is 43.0 Å². The number of hydrogen-bond acceptors (Lipinski definition) is 1. The number of aromatic nitrogens is 1. The monoisotopic (exact) mass is 305 g/mol. The maximum atomic E-state index is 6.36. The topological polar surface area (TPSA) is 14.2 Å². The molecule has 0 N–H and O–H groups in total. The number of nitrogens with zero attached hydrogens (tertiary/aromatic N) is 1. The maximum absolute atomic E-state index is 6.36. The summed E-state index contributed by atoms with van der Waals surface area (Å²) in [5.41, 5.74) is 6.60. The molecular weight excluding hydrogens is 282 g/mol. The van der Waals surface area contributed by atoms with E-state index in [0.29, 0.717) is 0 Å². The van der Waals surface area contributed by atoms with Crippen molar-refractivity contribution < 1.29 is 4.74 Å². The van der Waals surface area contributed by atoms with Crippen LogP contribution < -0.4 is 0 Å². The summed E-state index contributed by atoms with van der Waals surface area (Å²) in [5.74, 6) is 0. The molecule has 2 heterocycles. The Hall–Kier alpha value is -2.06. The fraction of sp³-hybridized carbons (Fsp3) is 0.333. The molecule has 2 atom stereocenters. The first-order valence-corrected chi connectivity index (χ1v) is 8.51. The van der Waals surface area contributed by atoms with Crippen molar-refractivity contribution in [2.75, 3.05) is 0 Å². The molecule has 118 valence electrons. The van der Waals surface area contributed by atoms with Crippen LogP contribution in [0.3, 0.4) is 0 Å². The van der Waals surface area contributed by atoms with Gasteiger partial charge in [-0.3, -0.25) is 0 Å². The first-order chi connectivity index (χ1) is 11.2. The lowest BCUT2D eigenvalue weighted by Crippen LogP contribution is -2.29. The molecule has 2 nitrogen and oxygen atoms in total. The lowest BCUT2D eigenvalue weighted by atomic mass is 9.99. The van der Waals surface area contributed by atoms with Crippen LogP contribution >= 0.6 is 0 Å². The molecule has 0 saturated heterocycles.